The van der Waals surface area contributed by atoms with Gasteiger partial charge >= 0.3 is 0 Å². The normalized spacial score (nSPS) is 16.3. The second-order valence-electron chi connectivity index (χ2n) is 41.0. The number of benzene rings is 22. The van der Waals surface area contributed by atoms with Gasteiger partial charge in [-0.25, -0.2) is 0 Å². The summed E-state index contributed by atoms with van der Waals surface area (Å²) in [5.74, 6) is 0. The molecule has 0 saturated heterocycles. The first-order valence-corrected chi connectivity index (χ1v) is 53.5. The summed E-state index contributed by atoms with van der Waals surface area (Å²) in [4.78, 5) is 4.27. The topological polar surface area (TPSA) is 69.2 Å². The van der Waals surface area contributed by atoms with Gasteiger partial charge in [0.2, 0.25) is 0 Å². The van der Waals surface area contributed by atoms with E-state index < -0.39 is 66.0 Å². The van der Waals surface area contributed by atoms with Crippen LogP contribution >= 0.6 is 0 Å². The molecule has 666 valence electrons. The Morgan fingerprint density at radius 2 is 0.222 bits per heavy atom. The maximum absolute atomic E-state index is 17.5. The second kappa shape index (κ2) is 27.8. The summed E-state index contributed by atoms with van der Waals surface area (Å²) in [5, 5.41) is 0. The van der Waals surface area contributed by atoms with Crippen molar-refractivity contribution >= 4 is 33.5 Å². The van der Waals surface area contributed by atoms with Crippen LogP contribution in [0.2, 0.25) is 0 Å². The van der Waals surface area contributed by atoms with Crippen molar-refractivity contribution in [3.63, 3.8) is 0 Å². The molecule has 0 radical (unpaired) electrons. The fourth-order valence-corrected chi connectivity index (χ4v) is 34.3. The van der Waals surface area contributed by atoms with Crippen LogP contribution in [0.25, 0.3) is 134 Å². The standard InChI is InChI=1S/C138H78O3S3/c139-142(79-61-67-100-97-43-7-22-52-112(97)133(121(100)73-79)106-46-16-1-31-85(106)86-32-2-17-47-107(86)133)82-64-70-103-124(76-82)136(115-55-25-10-37-91(115)92-38-11-26-56-116(92)136)130-127(103)131-129(105-72-66-84(78-126(105)137(131)117-57-27-12-39-93(117)94-40-13-28-58-118(94)137)144(141)81-63-69-102-99-45-9-24-54-114(99)135(123(102)75-81)110-50-20-5-35-89(110)90-36-6-21-51-111(90)135)132-128(130)104-71-65-83(77-125(104)138(132)119-59-29-14-41-95(119)96-42-15-30-60-120(96)138)143(140)80-62-68-101-98-44-8-23-53-113(98)134(122(101)74-80)108-48-18-3-33-87(108)88-34-4-19-49-109(88)134/h1-78H. The molecule has 3 unspecified atom stereocenters. The molecule has 3 atom stereocenters. The maximum Gasteiger partial charge on any atom is 0.158 e. The largest absolute Gasteiger partial charge is 0.606 e. The minimum Gasteiger partial charge on any atom is -0.606 e. The summed E-state index contributed by atoms with van der Waals surface area (Å²) in [6.45, 7) is 0. The Balaban J connectivity index is 0.664. The van der Waals surface area contributed by atoms with E-state index in [0.29, 0.717) is 14.7 Å². The molecule has 22 aromatic rings. The third kappa shape index (κ3) is 8.99. The molecule has 12 aliphatic carbocycles. The number of hydrogen-bond acceptors (Lipinski definition) is 3. The lowest BCUT2D eigenvalue weighted by molar-refractivity contribution is 0.593. The molecule has 0 amide bonds. The number of rotatable bonds is 6. The predicted octanol–water partition coefficient (Wildman–Crippen LogP) is 31.2. The molecule has 144 heavy (non-hydrogen) atoms. The minimum atomic E-state index is -1.79. The van der Waals surface area contributed by atoms with E-state index >= 15 is 13.7 Å². The maximum atomic E-state index is 17.5. The predicted molar refractivity (Wildman–Crippen MR) is 578 cm³/mol. The van der Waals surface area contributed by atoms with Gasteiger partial charge in [0.25, 0.3) is 0 Å². The van der Waals surface area contributed by atoms with E-state index in [0.717, 1.165) is 182 Å². The second-order valence-corrected chi connectivity index (χ2v) is 45.4. The molecule has 34 rings (SSSR count). The lowest BCUT2D eigenvalue weighted by atomic mass is 9.63. The molecule has 0 bridgehead atoms. The van der Waals surface area contributed by atoms with E-state index in [-0.39, 0.29) is 0 Å². The average Bonchev–Trinajstić information content (AvgIpc) is 1.44. The molecular formula is C138H78O3S3. The van der Waals surface area contributed by atoms with Crippen molar-refractivity contribution in [2.24, 2.45) is 0 Å². The Labute approximate surface area is 842 Å². The van der Waals surface area contributed by atoms with Gasteiger partial charge in [0.1, 0.15) is 0 Å². The highest BCUT2D eigenvalue weighted by Gasteiger charge is 2.67. The molecule has 22 aromatic carbocycles. The van der Waals surface area contributed by atoms with Gasteiger partial charge in [-0.3, -0.25) is 0 Å². The summed E-state index contributed by atoms with van der Waals surface area (Å²) in [7, 11) is 0. The lowest BCUT2D eigenvalue weighted by Gasteiger charge is -2.37. The molecule has 3 nitrogen and oxygen atoms in total. The zero-order chi connectivity index (χ0) is 94.1. The minimum absolute atomic E-state index is 0.672. The zero-order valence-electron chi connectivity index (χ0n) is 77.5. The van der Waals surface area contributed by atoms with Gasteiger partial charge in [0.05, 0.1) is 32.5 Å². The smallest absolute Gasteiger partial charge is 0.158 e. The first kappa shape index (κ1) is 79.4. The van der Waals surface area contributed by atoms with Crippen molar-refractivity contribution in [3.8, 4) is 134 Å². The molecule has 6 spiro atoms. The van der Waals surface area contributed by atoms with Crippen molar-refractivity contribution in [2.75, 3.05) is 0 Å². The number of fused-ring (bicyclic) bond motifs is 63. The van der Waals surface area contributed by atoms with Gasteiger partial charge in [0.15, 0.2) is 29.4 Å². The molecule has 0 fully saturated rings. The quantitative estimate of drug-likeness (QED) is 0.156. The van der Waals surface area contributed by atoms with E-state index in [1.165, 1.54) is 100 Å². The van der Waals surface area contributed by atoms with Crippen molar-refractivity contribution in [1.29, 1.82) is 0 Å². The van der Waals surface area contributed by atoms with Crippen LogP contribution in [0.3, 0.4) is 0 Å². The summed E-state index contributed by atoms with van der Waals surface area (Å²) in [6.07, 6.45) is 0. The van der Waals surface area contributed by atoms with Crippen LogP contribution in [-0.2, 0) is 66.0 Å². The molecule has 0 heterocycles. The van der Waals surface area contributed by atoms with Gasteiger partial charge in [-0.15, -0.1) is 0 Å². The molecular weight excluding hydrogens is 1800 g/mol. The summed E-state index contributed by atoms with van der Waals surface area (Å²) >= 11 is -5.36. The Morgan fingerprint density at radius 1 is 0.111 bits per heavy atom. The van der Waals surface area contributed by atoms with Crippen LogP contribution in [0.1, 0.15) is 134 Å². The highest BCUT2D eigenvalue weighted by atomic mass is 32.2. The van der Waals surface area contributed by atoms with Gasteiger partial charge in [-0.05, 0) is 376 Å². The summed E-state index contributed by atoms with van der Waals surface area (Å²) < 4.78 is 52.6. The molecule has 0 saturated carbocycles. The zero-order valence-corrected chi connectivity index (χ0v) is 79.9. The van der Waals surface area contributed by atoms with E-state index in [1.54, 1.807) is 0 Å². The van der Waals surface area contributed by atoms with Crippen molar-refractivity contribution in [3.05, 3.63) is 607 Å². The van der Waals surface area contributed by atoms with E-state index in [9.17, 15) is 0 Å². The van der Waals surface area contributed by atoms with Crippen LogP contribution < -0.4 is 0 Å². The van der Waals surface area contributed by atoms with Crippen LogP contribution in [-0.4, -0.2) is 13.7 Å². The summed E-state index contributed by atoms with van der Waals surface area (Å²) in [5.41, 5.74) is 50.1. The third-order valence-electron chi connectivity index (χ3n) is 35.7. The van der Waals surface area contributed by atoms with Crippen molar-refractivity contribution in [1.82, 2.24) is 0 Å². The lowest BCUT2D eigenvalue weighted by Crippen LogP contribution is -2.31. The average molecular weight is 1880 g/mol. The van der Waals surface area contributed by atoms with Gasteiger partial charge in [0, 0.05) is 33.5 Å². The molecule has 0 aromatic heterocycles. The molecule has 12 aliphatic rings. The van der Waals surface area contributed by atoms with Crippen molar-refractivity contribution in [2.45, 2.75) is 61.9 Å². The highest BCUT2D eigenvalue weighted by Crippen LogP contribution is 2.79. The SMILES string of the molecule is [O-][S+](c1ccc2c(c1)C1(c3ccccc3-c3ccccc31)c1ccccc1-2)c1ccc2c(c1)C1(c3ccccc3-c3ccccc31)c1c-2c2c(c3c1-c1ccc([S+]([O-])c4ccc5c(c4)C4(c6ccccc6-c6ccccc64)c4ccccc4-5)cc1C31c3ccccc3-c3ccccc31)-c1ccc([S+]([O-])c3ccc4c(c3)C3(c5ccccc5-c5ccccc53)c3ccccc3-4)cc1C21c2ccccc2-c2ccccc21. The van der Waals surface area contributed by atoms with Gasteiger partial charge < -0.3 is 13.7 Å². The molecule has 0 N–H and O–H groups in total. The van der Waals surface area contributed by atoms with E-state index in [4.69, 9.17) is 0 Å². The van der Waals surface area contributed by atoms with Crippen molar-refractivity contribution < 1.29 is 13.7 Å². The monoisotopic (exact) mass is 1880 g/mol. The van der Waals surface area contributed by atoms with Crippen LogP contribution in [0.15, 0.2) is 503 Å². The fraction of sp³-hybridized carbons (Fsp3) is 0.0435. The third-order valence-corrected chi connectivity index (χ3v) is 39.8. The first-order valence-electron chi connectivity index (χ1n) is 50.1. The number of hydrogen-bond donors (Lipinski definition) is 0. The Hall–Kier alpha value is -16.2. The molecule has 6 heteroatoms. The van der Waals surface area contributed by atoms with E-state index in [1.807, 2.05) is 0 Å². The van der Waals surface area contributed by atoms with Crippen LogP contribution in [0.5, 0.6) is 0 Å². The Kier molecular flexibility index (Phi) is 15.3. The first-order chi connectivity index (χ1) is 71.2. The Bertz CT molecular complexity index is 8520. The van der Waals surface area contributed by atoms with E-state index in [2.05, 4.69) is 473 Å². The molecule has 0 aliphatic heterocycles. The fourth-order valence-electron chi connectivity index (χ4n) is 30.9. The van der Waals surface area contributed by atoms with Crippen LogP contribution in [0.4, 0.5) is 0 Å². The van der Waals surface area contributed by atoms with Crippen LogP contribution in [0, 0.1) is 0 Å². The Morgan fingerprint density at radius 3 is 0.368 bits per heavy atom. The highest BCUT2D eigenvalue weighted by molar-refractivity contribution is 7.92. The van der Waals surface area contributed by atoms with Gasteiger partial charge in [-0.2, -0.15) is 0 Å². The summed E-state index contributed by atoms with van der Waals surface area (Å²) in [6, 6.07) is 177. The van der Waals surface area contributed by atoms with Gasteiger partial charge in [-0.1, -0.05) is 364 Å².